The monoisotopic (exact) mass is 351 g/mol. The fraction of sp³-hybridized carbons (Fsp3) is 0.316. The van der Waals surface area contributed by atoms with Gasteiger partial charge >= 0.3 is 0 Å². The second-order valence-corrected chi connectivity index (χ2v) is 7.10. The molecule has 0 spiro atoms. The molecular formula is C19H21N5S. The molecule has 0 aliphatic carbocycles. The Kier molecular flexibility index (Phi) is 4.72. The van der Waals surface area contributed by atoms with Crippen LogP contribution < -0.4 is 10.2 Å². The number of hydrogen-bond acceptors (Lipinski definition) is 6. The Balaban J connectivity index is 1.55. The number of thiazole rings is 1. The third-order valence-corrected chi connectivity index (χ3v) is 5.38. The molecule has 6 heteroatoms. The molecule has 5 nitrogen and oxygen atoms in total. The van der Waals surface area contributed by atoms with Gasteiger partial charge in [0.1, 0.15) is 17.2 Å². The van der Waals surface area contributed by atoms with Gasteiger partial charge in [-0.05, 0) is 13.0 Å². The second-order valence-electron chi connectivity index (χ2n) is 6.24. The van der Waals surface area contributed by atoms with Crippen molar-refractivity contribution in [3.05, 3.63) is 59.0 Å². The van der Waals surface area contributed by atoms with E-state index in [1.165, 1.54) is 16.8 Å². The van der Waals surface area contributed by atoms with Crippen LogP contribution in [0.5, 0.6) is 0 Å². The largest absolute Gasteiger partial charge is 0.353 e. The minimum atomic E-state index is 0.750. The smallest absolute Gasteiger partial charge is 0.135 e. The molecule has 0 saturated carbocycles. The van der Waals surface area contributed by atoms with Crippen molar-refractivity contribution in [2.45, 2.75) is 19.4 Å². The molecule has 0 atom stereocenters. The molecule has 1 aromatic carbocycles. The van der Waals surface area contributed by atoms with Gasteiger partial charge in [-0.15, -0.1) is 11.3 Å². The van der Waals surface area contributed by atoms with E-state index >= 15 is 0 Å². The molecule has 3 aromatic rings. The highest BCUT2D eigenvalue weighted by Crippen LogP contribution is 2.26. The first-order valence-electron chi connectivity index (χ1n) is 8.55. The van der Waals surface area contributed by atoms with Gasteiger partial charge in [0.05, 0.1) is 17.9 Å². The third-order valence-electron chi connectivity index (χ3n) is 4.44. The highest BCUT2D eigenvalue weighted by molar-refractivity contribution is 7.13. The summed E-state index contributed by atoms with van der Waals surface area (Å²) >= 11 is 1.69. The SMILES string of the molecule is CN(Cc1csc(-c2ccccc2)n1)c1ncnc2c1CCNCC2. The van der Waals surface area contributed by atoms with Gasteiger partial charge in [-0.1, -0.05) is 30.3 Å². The molecule has 0 unspecified atom stereocenters. The van der Waals surface area contributed by atoms with E-state index in [0.29, 0.717) is 0 Å². The normalized spacial score (nSPS) is 14.0. The Labute approximate surface area is 151 Å². The number of fused-ring (bicyclic) bond motifs is 1. The molecule has 2 aromatic heterocycles. The van der Waals surface area contributed by atoms with Crippen molar-refractivity contribution < 1.29 is 0 Å². The quantitative estimate of drug-likeness (QED) is 0.783. The average Bonchev–Trinajstić information content (AvgIpc) is 2.97. The van der Waals surface area contributed by atoms with E-state index in [9.17, 15) is 0 Å². The average molecular weight is 351 g/mol. The summed E-state index contributed by atoms with van der Waals surface area (Å²) in [6, 6.07) is 10.3. The van der Waals surface area contributed by atoms with Crippen LogP contribution in [0, 0.1) is 0 Å². The number of benzene rings is 1. The van der Waals surface area contributed by atoms with Crippen LogP contribution in [0.15, 0.2) is 42.0 Å². The molecule has 0 fully saturated rings. The highest BCUT2D eigenvalue weighted by Gasteiger charge is 2.17. The van der Waals surface area contributed by atoms with Crippen LogP contribution in [-0.4, -0.2) is 35.1 Å². The molecule has 1 aliphatic rings. The van der Waals surface area contributed by atoms with Crippen molar-refractivity contribution >= 4 is 17.2 Å². The van der Waals surface area contributed by atoms with Crippen LogP contribution in [0.2, 0.25) is 0 Å². The van der Waals surface area contributed by atoms with Gasteiger partial charge in [0.15, 0.2) is 0 Å². The van der Waals surface area contributed by atoms with Crippen molar-refractivity contribution in [1.29, 1.82) is 0 Å². The predicted molar refractivity (Wildman–Crippen MR) is 102 cm³/mol. The molecule has 1 aliphatic heterocycles. The molecule has 25 heavy (non-hydrogen) atoms. The molecule has 3 heterocycles. The van der Waals surface area contributed by atoms with E-state index in [0.717, 1.165) is 49.0 Å². The summed E-state index contributed by atoms with van der Waals surface area (Å²) in [7, 11) is 2.09. The predicted octanol–water partition coefficient (Wildman–Crippen LogP) is 2.92. The summed E-state index contributed by atoms with van der Waals surface area (Å²) < 4.78 is 0. The van der Waals surface area contributed by atoms with Crippen molar-refractivity contribution in [2.24, 2.45) is 0 Å². The van der Waals surface area contributed by atoms with Gasteiger partial charge in [-0.2, -0.15) is 0 Å². The number of nitrogens with one attached hydrogen (secondary N) is 1. The highest BCUT2D eigenvalue weighted by atomic mass is 32.1. The number of nitrogens with zero attached hydrogens (tertiary/aromatic N) is 4. The molecule has 0 bridgehead atoms. The third kappa shape index (κ3) is 3.55. The molecule has 0 amide bonds. The Bertz CT molecular complexity index is 846. The molecular weight excluding hydrogens is 330 g/mol. The molecule has 0 radical (unpaired) electrons. The van der Waals surface area contributed by atoms with Gasteiger partial charge in [-0.25, -0.2) is 15.0 Å². The van der Waals surface area contributed by atoms with Crippen LogP contribution in [0.1, 0.15) is 17.0 Å². The minimum absolute atomic E-state index is 0.750. The van der Waals surface area contributed by atoms with Crippen LogP contribution >= 0.6 is 11.3 Å². The molecule has 0 saturated heterocycles. The number of anilines is 1. The maximum absolute atomic E-state index is 4.80. The Hall–Kier alpha value is -2.31. The lowest BCUT2D eigenvalue weighted by molar-refractivity contribution is 0.708. The molecule has 1 N–H and O–H groups in total. The number of hydrogen-bond donors (Lipinski definition) is 1. The standard InChI is InChI=1S/C19H21N5S/c1-24(18-16-7-9-20-10-8-17(16)21-13-22-18)11-15-12-25-19(23-15)14-5-3-2-4-6-14/h2-6,12-13,20H,7-11H2,1H3. The lowest BCUT2D eigenvalue weighted by Gasteiger charge is -2.21. The number of rotatable bonds is 4. The molecule has 128 valence electrons. The minimum Gasteiger partial charge on any atom is -0.353 e. The van der Waals surface area contributed by atoms with Crippen LogP contribution in [0.25, 0.3) is 10.6 Å². The zero-order valence-electron chi connectivity index (χ0n) is 14.3. The Morgan fingerprint density at radius 2 is 1.96 bits per heavy atom. The van der Waals surface area contributed by atoms with Crippen molar-refractivity contribution in [3.8, 4) is 10.6 Å². The van der Waals surface area contributed by atoms with Crippen LogP contribution in [0.3, 0.4) is 0 Å². The van der Waals surface area contributed by atoms with Gasteiger partial charge < -0.3 is 10.2 Å². The van der Waals surface area contributed by atoms with Gasteiger partial charge in [0.25, 0.3) is 0 Å². The molecule has 4 rings (SSSR count). The Morgan fingerprint density at radius 1 is 1.12 bits per heavy atom. The van der Waals surface area contributed by atoms with Gasteiger partial charge in [-0.3, -0.25) is 0 Å². The van der Waals surface area contributed by atoms with Gasteiger partial charge in [0, 0.05) is 36.5 Å². The summed E-state index contributed by atoms with van der Waals surface area (Å²) in [6.07, 6.45) is 3.63. The van der Waals surface area contributed by atoms with Gasteiger partial charge in [0.2, 0.25) is 0 Å². The first-order chi connectivity index (χ1) is 12.3. The summed E-state index contributed by atoms with van der Waals surface area (Å²) in [5, 5.41) is 6.64. The topological polar surface area (TPSA) is 53.9 Å². The fourth-order valence-electron chi connectivity index (χ4n) is 3.19. The van der Waals surface area contributed by atoms with E-state index in [-0.39, 0.29) is 0 Å². The Morgan fingerprint density at radius 3 is 2.84 bits per heavy atom. The van der Waals surface area contributed by atoms with Crippen LogP contribution in [-0.2, 0) is 19.4 Å². The summed E-state index contributed by atoms with van der Waals surface area (Å²) in [6.45, 7) is 2.72. The zero-order valence-corrected chi connectivity index (χ0v) is 15.1. The summed E-state index contributed by atoms with van der Waals surface area (Å²) in [5.41, 5.74) is 4.69. The second kappa shape index (κ2) is 7.29. The summed E-state index contributed by atoms with van der Waals surface area (Å²) in [4.78, 5) is 16.0. The zero-order chi connectivity index (χ0) is 17.1. The number of aromatic nitrogens is 3. The maximum Gasteiger partial charge on any atom is 0.135 e. The van der Waals surface area contributed by atoms with E-state index in [1.807, 2.05) is 18.2 Å². The lowest BCUT2D eigenvalue weighted by atomic mass is 10.1. The first kappa shape index (κ1) is 16.2. The van der Waals surface area contributed by atoms with Crippen LogP contribution in [0.4, 0.5) is 5.82 Å². The van der Waals surface area contributed by atoms with Crippen molar-refractivity contribution in [2.75, 3.05) is 25.0 Å². The maximum atomic E-state index is 4.80. The summed E-state index contributed by atoms with van der Waals surface area (Å²) in [5.74, 6) is 1.03. The van der Waals surface area contributed by atoms with E-state index in [1.54, 1.807) is 17.7 Å². The van der Waals surface area contributed by atoms with Crippen molar-refractivity contribution in [1.82, 2.24) is 20.3 Å². The van der Waals surface area contributed by atoms with Crippen molar-refractivity contribution in [3.63, 3.8) is 0 Å². The van der Waals surface area contributed by atoms with E-state index < -0.39 is 0 Å². The van der Waals surface area contributed by atoms with E-state index in [2.05, 4.69) is 44.7 Å². The fourth-order valence-corrected chi connectivity index (χ4v) is 4.01. The lowest BCUT2D eigenvalue weighted by Crippen LogP contribution is -2.21. The first-order valence-corrected chi connectivity index (χ1v) is 9.43. The van der Waals surface area contributed by atoms with E-state index in [4.69, 9.17) is 4.98 Å².